The van der Waals surface area contributed by atoms with E-state index in [1.165, 1.54) is 109 Å². The van der Waals surface area contributed by atoms with Crippen molar-refractivity contribution in [3.63, 3.8) is 0 Å². The quantitative estimate of drug-likeness (QED) is 0.161. The lowest BCUT2D eigenvalue weighted by Gasteiger charge is -2.34. The van der Waals surface area contributed by atoms with Gasteiger partial charge < -0.3 is 0 Å². The fourth-order valence-electron chi connectivity index (χ4n) is 10.2. The molecule has 12 rings (SSSR count). The Balaban J connectivity index is 1.15. The molecule has 55 heavy (non-hydrogen) atoms. The molecule has 0 nitrogen and oxygen atoms in total. The largest absolute Gasteiger partial charge is 0.0714 e. The minimum atomic E-state index is -0.482. The Kier molecular flexibility index (Phi) is 6.36. The minimum absolute atomic E-state index is 0.482. The summed E-state index contributed by atoms with van der Waals surface area (Å²) in [6.07, 6.45) is 0. The first kappa shape index (κ1) is 30.4. The molecule has 0 aliphatic heterocycles. The summed E-state index contributed by atoms with van der Waals surface area (Å²) in [5.41, 5.74) is 12.5. The molecule has 0 saturated carbocycles. The lowest BCUT2D eigenvalue weighted by Crippen LogP contribution is -2.28. The lowest BCUT2D eigenvalue weighted by molar-refractivity contribution is 0.769. The molecule has 0 saturated heterocycles. The molecule has 1 aliphatic carbocycles. The van der Waals surface area contributed by atoms with Crippen molar-refractivity contribution in [3.05, 3.63) is 229 Å². The minimum Gasteiger partial charge on any atom is -0.0622 e. The van der Waals surface area contributed by atoms with E-state index < -0.39 is 5.41 Å². The van der Waals surface area contributed by atoms with Crippen molar-refractivity contribution in [2.24, 2.45) is 0 Å². The van der Waals surface area contributed by atoms with E-state index in [2.05, 4.69) is 206 Å². The average Bonchev–Trinajstić information content (AvgIpc) is 3.56. The molecule has 0 heterocycles. The standard InChI is InChI=1S/C55H34/c1-3-15-40(16-4-1)55(41-17-5-2-6-18-41)50-33-27-36-13-8-10-20-44(36)54(50)49-32-26-39(34-51(49)55)43-28-22-37-25-31-48-46(29-23-38-24-30-47(43)52(37)53(38)48)45-21-11-14-35-12-7-9-19-42(35)45/h1-34H. The third-order valence-electron chi connectivity index (χ3n) is 12.5. The van der Waals surface area contributed by atoms with Crippen molar-refractivity contribution in [3.8, 4) is 33.4 Å². The molecule has 11 aromatic rings. The van der Waals surface area contributed by atoms with Gasteiger partial charge in [-0.3, -0.25) is 0 Å². The first-order chi connectivity index (χ1) is 27.3. The van der Waals surface area contributed by atoms with Crippen LogP contribution in [0.25, 0.3) is 87.2 Å². The lowest BCUT2D eigenvalue weighted by atomic mass is 9.67. The Hall–Kier alpha value is -7.02. The summed E-state index contributed by atoms with van der Waals surface area (Å²) in [6.45, 7) is 0. The number of hydrogen-bond donors (Lipinski definition) is 0. The molecule has 0 spiro atoms. The molecule has 254 valence electrons. The second-order valence-corrected chi connectivity index (χ2v) is 15.1. The molecular weight excluding hydrogens is 661 g/mol. The van der Waals surface area contributed by atoms with E-state index in [4.69, 9.17) is 0 Å². The van der Waals surface area contributed by atoms with Crippen LogP contribution in [-0.2, 0) is 5.41 Å². The van der Waals surface area contributed by atoms with Gasteiger partial charge in [0.2, 0.25) is 0 Å². The third kappa shape index (κ3) is 4.17. The highest BCUT2D eigenvalue weighted by molar-refractivity contribution is 6.28. The Morgan fingerprint density at radius 2 is 0.782 bits per heavy atom. The highest BCUT2D eigenvalue weighted by atomic mass is 14.5. The van der Waals surface area contributed by atoms with Crippen LogP contribution in [0.5, 0.6) is 0 Å². The van der Waals surface area contributed by atoms with Gasteiger partial charge in [0.1, 0.15) is 0 Å². The van der Waals surface area contributed by atoms with Crippen molar-refractivity contribution in [1.29, 1.82) is 0 Å². The topological polar surface area (TPSA) is 0 Å². The maximum atomic E-state index is 2.51. The summed E-state index contributed by atoms with van der Waals surface area (Å²) in [5, 5.41) is 12.9. The van der Waals surface area contributed by atoms with E-state index in [0.29, 0.717) is 0 Å². The van der Waals surface area contributed by atoms with Crippen LogP contribution < -0.4 is 0 Å². The molecular formula is C55H34. The van der Waals surface area contributed by atoms with Crippen LogP contribution in [0.4, 0.5) is 0 Å². The van der Waals surface area contributed by atoms with Gasteiger partial charge in [0, 0.05) is 0 Å². The molecule has 0 fully saturated rings. The van der Waals surface area contributed by atoms with Crippen LogP contribution in [0, 0.1) is 0 Å². The van der Waals surface area contributed by atoms with Gasteiger partial charge in [0.05, 0.1) is 5.41 Å². The van der Waals surface area contributed by atoms with Gasteiger partial charge in [-0.1, -0.05) is 200 Å². The van der Waals surface area contributed by atoms with Gasteiger partial charge in [0.15, 0.2) is 0 Å². The van der Waals surface area contributed by atoms with E-state index in [1.807, 2.05) is 0 Å². The monoisotopic (exact) mass is 694 g/mol. The van der Waals surface area contributed by atoms with E-state index in [9.17, 15) is 0 Å². The Morgan fingerprint density at radius 1 is 0.273 bits per heavy atom. The Bertz CT molecular complexity index is 3250. The second kappa shape index (κ2) is 11.5. The predicted molar refractivity (Wildman–Crippen MR) is 233 cm³/mol. The molecule has 0 bridgehead atoms. The van der Waals surface area contributed by atoms with E-state index in [0.717, 1.165) is 0 Å². The van der Waals surface area contributed by atoms with Crippen LogP contribution in [-0.4, -0.2) is 0 Å². The van der Waals surface area contributed by atoms with Gasteiger partial charge in [-0.05, 0) is 116 Å². The fourth-order valence-corrected chi connectivity index (χ4v) is 10.2. The van der Waals surface area contributed by atoms with Crippen molar-refractivity contribution in [1.82, 2.24) is 0 Å². The summed E-state index contributed by atoms with van der Waals surface area (Å²) < 4.78 is 0. The summed E-state index contributed by atoms with van der Waals surface area (Å²) >= 11 is 0. The zero-order valence-corrected chi connectivity index (χ0v) is 30.1. The van der Waals surface area contributed by atoms with Gasteiger partial charge in [-0.15, -0.1) is 0 Å². The molecule has 0 heteroatoms. The molecule has 0 amide bonds. The van der Waals surface area contributed by atoms with Gasteiger partial charge in [-0.25, -0.2) is 0 Å². The smallest absolute Gasteiger partial charge is 0.0622 e. The molecule has 0 aromatic heterocycles. The van der Waals surface area contributed by atoms with E-state index in [1.54, 1.807) is 0 Å². The SMILES string of the molecule is c1ccc(C2(c3ccccc3)c3cc(-c4ccc5ccc6c(-c7cccc8ccccc78)ccc7ccc4c5c76)ccc3-c3c2ccc2ccccc32)cc1. The van der Waals surface area contributed by atoms with Crippen LogP contribution in [0.3, 0.4) is 0 Å². The number of benzene rings is 11. The summed E-state index contributed by atoms with van der Waals surface area (Å²) in [4.78, 5) is 0. The summed E-state index contributed by atoms with van der Waals surface area (Å²) in [5.74, 6) is 0. The zero-order valence-electron chi connectivity index (χ0n) is 30.1. The van der Waals surface area contributed by atoms with Gasteiger partial charge >= 0.3 is 0 Å². The Labute approximate surface area is 319 Å². The maximum Gasteiger partial charge on any atom is 0.0714 e. The first-order valence-electron chi connectivity index (χ1n) is 19.3. The third-order valence-corrected chi connectivity index (χ3v) is 12.5. The van der Waals surface area contributed by atoms with Crippen molar-refractivity contribution >= 4 is 53.9 Å². The average molecular weight is 695 g/mol. The fraction of sp³-hybridized carbons (Fsp3) is 0.0182. The van der Waals surface area contributed by atoms with E-state index >= 15 is 0 Å². The summed E-state index contributed by atoms with van der Waals surface area (Å²) in [6, 6.07) is 77.2. The van der Waals surface area contributed by atoms with Crippen LogP contribution >= 0.6 is 0 Å². The highest BCUT2D eigenvalue weighted by Crippen LogP contribution is 2.58. The van der Waals surface area contributed by atoms with Crippen molar-refractivity contribution in [2.75, 3.05) is 0 Å². The van der Waals surface area contributed by atoms with E-state index in [-0.39, 0.29) is 0 Å². The molecule has 1 aliphatic rings. The second-order valence-electron chi connectivity index (χ2n) is 15.1. The molecule has 11 aromatic carbocycles. The van der Waals surface area contributed by atoms with Crippen LogP contribution in [0.15, 0.2) is 206 Å². The summed E-state index contributed by atoms with van der Waals surface area (Å²) in [7, 11) is 0. The maximum absolute atomic E-state index is 2.51. The highest BCUT2D eigenvalue weighted by Gasteiger charge is 2.46. The molecule has 0 N–H and O–H groups in total. The first-order valence-corrected chi connectivity index (χ1v) is 19.3. The normalized spacial score (nSPS) is 13.2. The predicted octanol–water partition coefficient (Wildman–Crippen LogP) is 14.6. The number of rotatable bonds is 4. The van der Waals surface area contributed by atoms with Gasteiger partial charge in [-0.2, -0.15) is 0 Å². The van der Waals surface area contributed by atoms with Crippen LogP contribution in [0.2, 0.25) is 0 Å². The van der Waals surface area contributed by atoms with Crippen LogP contribution in [0.1, 0.15) is 22.3 Å². The number of hydrogen-bond acceptors (Lipinski definition) is 0. The molecule has 0 unspecified atom stereocenters. The van der Waals surface area contributed by atoms with Gasteiger partial charge in [0.25, 0.3) is 0 Å². The van der Waals surface area contributed by atoms with Crippen molar-refractivity contribution in [2.45, 2.75) is 5.41 Å². The zero-order chi connectivity index (χ0) is 36.1. The Morgan fingerprint density at radius 3 is 1.49 bits per heavy atom. The van der Waals surface area contributed by atoms with Crippen molar-refractivity contribution < 1.29 is 0 Å². The molecule has 0 atom stereocenters. The number of fused-ring (bicyclic) bond motifs is 6. The molecule has 0 radical (unpaired) electrons.